The molecule has 0 aliphatic carbocycles. The molecule has 0 amide bonds. The number of hydrogen-bond acceptors (Lipinski definition) is 3. The maximum Gasteiger partial charge on any atom is 0.283 e. The molecule has 1 saturated heterocycles. The molecule has 1 fully saturated rings. The average molecular weight is 267 g/mol. The molecule has 0 spiro atoms. The normalized spacial score (nSPS) is 18.5. The van der Waals surface area contributed by atoms with E-state index in [1.165, 1.54) is 12.1 Å². The summed E-state index contributed by atoms with van der Waals surface area (Å²) in [6.45, 7) is 3.67. The van der Waals surface area contributed by atoms with E-state index in [2.05, 4.69) is 4.40 Å². The van der Waals surface area contributed by atoms with Gasteiger partial charge in [0.2, 0.25) is 0 Å². The van der Waals surface area contributed by atoms with Gasteiger partial charge < -0.3 is 10.6 Å². The van der Waals surface area contributed by atoms with Gasteiger partial charge in [0.1, 0.15) is 5.84 Å². The zero-order chi connectivity index (χ0) is 13.2. The predicted octanol–water partition coefficient (Wildman–Crippen LogP) is 1.47. The van der Waals surface area contributed by atoms with Gasteiger partial charge in [0.05, 0.1) is 4.90 Å². The number of nitrogens with two attached hydrogens (primary N) is 1. The van der Waals surface area contributed by atoms with Crippen LogP contribution in [0, 0.1) is 0 Å². The highest BCUT2D eigenvalue weighted by molar-refractivity contribution is 7.90. The first-order valence-corrected chi connectivity index (χ1v) is 7.41. The van der Waals surface area contributed by atoms with Crippen LogP contribution >= 0.6 is 0 Å². The third-order valence-corrected chi connectivity index (χ3v) is 4.30. The maximum absolute atomic E-state index is 12.1. The Labute approximate surface area is 107 Å². The zero-order valence-corrected chi connectivity index (χ0v) is 11.2. The number of amidine groups is 1. The van der Waals surface area contributed by atoms with Crippen molar-refractivity contribution in [2.24, 2.45) is 4.40 Å². The van der Waals surface area contributed by atoms with E-state index in [-0.39, 0.29) is 4.90 Å². The second kappa shape index (κ2) is 4.97. The van der Waals surface area contributed by atoms with E-state index in [9.17, 15) is 8.42 Å². The Balaban J connectivity index is 2.32. The number of anilines is 1. The highest BCUT2D eigenvalue weighted by Gasteiger charge is 2.21. The van der Waals surface area contributed by atoms with Crippen LogP contribution in [0.15, 0.2) is 33.6 Å². The Kier molecular flexibility index (Phi) is 3.56. The van der Waals surface area contributed by atoms with Gasteiger partial charge in [-0.3, -0.25) is 0 Å². The van der Waals surface area contributed by atoms with Crippen LogP contribution in [-0.2, 0) is 10.0 Å². The van der Waals surface area contributed by atoms with Crippen molar-refractivity contribution in [1.82, 2.24) is 4.90 Å². The molecule has 0 radical (unpaired) electrons. The van der Waals surface area contributed by atoms with Crippen molar-refractivity contribution in [3.05, 3.63) is 24.3 Å². The molecule has 6 heteroatoms. The molecule has 0 bridgehead atoms. The molecule has 1 heterocycles. The molecular weight excluding hydrogens is 250 g/mol. The van der Waals surface area contributed by atoms with Crippen molar-refractivity contribution < 1.29 is 8.42 Å². The van der Waals surface area contributed by atoms with E-state index in [0.717, 1.165) is 25.9 Å². The quantitative estimate of drug-likeness (QED) is 0.841. The summed E-state index contributed by atoms with van der Waals surface area (Å²) in [4.78, 5) is 2.18. The van der Waals surface area contributed by atoms with Crippen LogP contribution in [0.1, 0.15) is 19.8 Å². The SMILES string of the molecule is CCN1CCCC1=NS(=O)(=O)c1ccc(N)cc1. The fraction of sp³-hybridized carbons (Fsp3) is 0.417. The molecule has 1 aromatic carbocycles. The summed E-state index contributed by atoms with van der Waals surface area (Å²) in [5.41, 5.74) is 6.08. The van der Waals surface area contributed by atoms with E-state index in [4.69, 9.17) is 5.73 Å². The van der Waals surface area contributed by atoms with Gasteiger partial charge in [0.15, 0.2) is 0 Å². The molecule has 0 unspecified atom stereocenters. The summed E-state index contributed by atoms with van der Waals surface area (Å²) in [6, 6.07) is 6.11. The Morgan fingerprint density at radius 1 is 1.33 bits per heavy atom. The summed E-state index contributed by atoms with van der Waals surface area (Å²) in [7, 11) is -3.61. The Bertz CT molecular complexity index is 549. The molecule has 0 saturated carbocycles. The van der Waals surface area contributed by atoms with Crippen LogP contribution in [0.4, 0.5) is 5.69 Å². The summed E-state index contributed by atoms with van der Waals surface area (Å²) < 4.78 is 28.1. The van der Waals surface area contributed by atoms with Gasteiger partial charge in [-0.2, -0.15) is 8.42 Å². The molecule has 1 aliphatic rings. The van der Waals surface area contributed by atoms with E-state index in [0.29, 0.717) is 11.5 Å². The maximum atomic E-state index is 12.1. The number of rotatable bonds is 3. The third-order valence-electron chi connectivity index (χ3n) is 2.98. The highest BCUT2D eigenvalue weighted by atomic mass is 32.2. The fourth-order valence-electron chi connectivity index (χ4n) is 1.99. The van der Waals surface area contributed by atoms with Crippen LogP contribution in [-0.4, -0.2) is 32.2 Å². The molecule has 1 aliphatic heterocycles. The molecule has 2 N–H and O–H groups in total. The number of sulfonamides is 1. The molecule has 98 valence electrons. The van der Waals surface area contributed by atoms with Gasteiger partial charge in [-0.15, -0.1) is 4.40 Å². The van der Waals surface area contributed by atoms with Crippen LogP contribution in [0.5, 0.6) is 0 Å². The Morgan fingerprint density at radius 2 is 2.00 bits per heavy atom. The molecule has 18 heavy (non-hydrogen) atoms. The molecule has 0 atom stereocenters. The van der Waals surface area contributed by atoms with E-state index in [1.54, 1.807) is 12.1 Å². The topological polar surface area (TPSA) is 75.8 Å². The lowest BCUT2D eigenvalue weighted by atomic mass is 10.3. The fourth-order valence-corrected chi connectivity index (χ4v) is 3.06. The number of nitrogen functional groups attached to an aromatic ring is 1. The number of likely N-dealkylation sites (tertiary alicyclic amines) is 1. The van der Waals surface area contributed by atoms with Gasteiger partial charge in [0, 0.05) is 25.2 Å². The Hall–Kier alpha value is -1.56. The second-order valence-electron chi connectivity index (χ2n) is 4.23. The van der Waals surface area contributed by atoms with Crippen molar-refractivity contribution in [2.45, 2.75) is 24.7 Å². The molecule has 0 aromatic heterocycles. The standard InChI is InChI=1S/C12H17N3O2S/c1-2-15-9-3-4-12(15)14-18(16,17)11-7-5-10(13)6-8-11/h5-8H,2-4,9,13H2,1H3. The highest BCUT2D eigenvalue weighted by Crippen LogP contribution is 2.18. The van der Waals surface area contributed by atoms with Crippen LogP contribution in [0.3, 0.4) is 0 Å². The van der Waals surface area contributed by atoms with E-state index >= 15 is 0 Å². The molecule has 5 nitrogen and oxygen atoms in total. The monoisotopic (exact) mass is 267 g/mol. The van der Waals surface area contributed by atoms with Crippen molar-refractivity contribution in [1.29, 1.82) is 0 Å². The lowest BCUT2D eigenvalue weighted by molar-refractivity contribution is 0.479. The van der Waals surface area contributed by atoms with Gasteiger partial charge >= 0.3 is 0 Å². The lowest BCUT2D eigenvalue weighted by Gasteiger charge is -2.15. The number of benzene rings is 1. The smallest absolute Gasteiger partial charge is 0.283 e. The minimum atomic E-state index is -3.61. The molecule has 1 aromatic rings. The summed E-state index contributed by atoms with van der Waals surface area (Å²) in [5.74, 6) is 0.661. The van der Waals surface area contributed by atoms with Crippen molar-refractivity contribution in [3.63, 3.8) is 0 Å². The van der Waals surface area contributed by atoms with E-state index in [1.807, 2.05) is 11.8 Å². The minimum Gasteiger partial charge on any atom is -0.399 e. The second-order valence-corrected chi connectivity index (χ2v) is 5.84. The summed E-state index contributed by atoms with van der Waals surface area (Å²) in [5, 5.41) is 0. The van der Waals surface area contributed by atoms with Crippen molar-refractivity contribution in [3.8, 4) is 0 Å². The van der Waals surface area contributed by atoms with E-state index < -0.39 is 10.0 Å². The van der Waals surface area contributed by atoms with Crippen LogP contribution in [0.2, 0.25) is 0 Å². The van der Waals surface area contributed by atoms with Gasteiger partial charge in [-0.05, 0) is 37.6 Å². The average Bonchev–Trinajstić information content (AvgIpc) is 2.76. The minimum absolute atomic E-state index is 0.187. The third kappa shape index (κ3) is 2.64. The molecule has 2 rings (SSSR count). The van der Waals surface area contributed by atoms with Gasteiger partial charge in [0.25, 0.3) is 10.0 Å². The molecular formula is C12H17N3O2S. The number of hydrogen-bond donors (Lipinski definition) is 1. The first kappa shape index (κ1) is 12.9. The first-order valence-electron chi connectivity index (χ1n) is 5.97. The summed E-state index contributed by atoms with van der Waals surface area (Å²) >= 11 is 0. The van der Waals surface area contributed by atoms with Crippen molar-refractivity contribution in [2.75, 3.05) is 18.8 Å². The predicted molar refractivity (Wildman–Crippen MR) is 72.0 cm³/mol. The van der Waals surface area contributed by atoms with Gasteiger partial charge in [-0.1, -0.05) is 0 Å². The lowest BCUT2D eigenvalue weighted by Crippen LogP contribution is -2.25. The van der Waals surface area contributed by atoms with Crippen LogP contribution < -0.4 is 5.73 Å². The zero-order valence-electron chi connectivity index (χ0n) is 10.3. The Morgan fingerprint density at radius 3 is 2.61 bits per heavy atom. The van der Waals surface area contributed by atoms with Crippen LogP contribution in [0.25, 0.3) is 0 Å². The first-order chi connectivity index (χ1) is 8.53. The van der Waals surface area contributed by atoms with Gasteiger partial charge in [-0.25, -0.2) is 0 Å². The van der Waals surface area contributed by atoms with Crippen molar-refractivity contribution >= 4 is 21.5 Å². The summed E-state index contributed by atoms with van der Waals surface area (Å²) in [6.07, 6.45) is 1.69. The largest absolute Gasteiger partial charge is 0.399 e. The number of nitrogens with zero attached hydrogens (tertiary/aromatic N) is 2.